The summed E-state index contributed by atoms with van der Waals surface area (Å²) >= 11 is 0. The normalized spacial score (nSPS) is 11.4. The van der Waals surface area contributed by atoms with Crippen LogP contribution in [0.25, 0.3) is 0 Å². The number of sulfonamides is 1. The average Bonchev–Trinajstić information content (AvgIpc) is 2.74. The zero-order valence-electron chi connectivity index (χ0n) is 18.4. The molecule has 32 heavy (non-hydrogen) atoms. The van der Waals surface area contributed by atoms with Crippen LogP contribution in [0.3, 0.4) is 0 Å². The van der Waals surface area contributed by atoms with Crippen molar-refractivity contribution in [2.75, 3.05) is 31.6 Å². The molecule has 10 heteroatoms. The molecule has 176 valence electrons. The van der Waals surface area contributed by atoms with E-state index in [9.17, 15) is 22.0 Å². The minimum Gasteiger partial charge on any atom is -0.492 e. The van der Waals surface area contributed by atoms with Gasteiger partial charge in [0.25, 0.3) is 0 Å². The smallest absolute Gasteiger partial charge is 0.246 e. The molecule has 2 aromatic rings. The van der Waals surface area contributed by atoms with Gasteiger partial charge in [0.1, 0.15) is 16.5 Å². The molecule has 0 saturated carbocycles. The SMILES string of the molecule is CCOc1ccc(NC(=O)CCCOc2ccc(F)cc2F)cc1S(=O)(=O)N(CC)CC. The number of nitrogens with zero attached hydrogens (tertiary/aromatic N) is 1. The Balaban J connectivity index is 2.03. The fraction of sp³-hybridized carbons (Fsp3) is 0.409. The van der Waals surface area contributed by atoms with E-state index in [0.717, 1.165) is 12.1 Å². The predicted octanol–water partition coefficient (Wildman–Crippen LogP) is 4.19. The summed E-state index contributed by atoms with van der Waals surface area (Å²) in [4.78, 5) is 12.3. The molecule has 1 N–H and O–H groups in total. The van der Waals surface area contributed by atoms with Gasteiger partial charge in [0.05, 0.1) is 13.2 Å². The third-order valence-corrected chi connectivity index (χ3v) is 6.62. The van der Waals surface area contributed by atoms with Gasteiger partial charge in [-0.05, 0) is 43.7 Å². The van der Waals surface area contributed by atoms with E-state index in [0.29, 0.717) is 25.4 Å². The Morgan fingerprint density at radius 1 is 1.00 bits per heavy atom. The lowest BCUT2D eigenvalue weighted by Gasteiger charge is -2.21. The molecule has 2 aromatic carbocycles. The Hall–Kier alpha value is -2.72. The van der Waals surface area contributed by atoms with Gasteiger partial charge in [-0.25, -0.2) is 17.2 Å². The molecule has 7 nitrogen and oxygen atoms in total. The molecule has 0 saturated heterocycles. The summed E-state index contributed by atoms with van der Waals surface area (Å²) in [5, 5.41) is 2.66. The van der Waals surface area contributed by atoms with Crippen LogP contribution >= 0.6 is 0 Å². The molecule has 1 amide bonds. The van der Waals surface area contributed by atoms with Crippen LogP contribution in [0.2, 0.25) is 0 Å². The van der Waals surface area contributed by atoms with Gasteiger partial charge >= 0.3 is 0 Å². The topological polar surface area (TPSA) is 84.9 Å². The number of nitrogens with one attached hydrogen (secondary N) is 1. The second-order valence-corrected chi connectivity index (χ2v) is 8.67. The molecule has 0 radical (unpaired) electrons. The number of ether oxygens (including phenoxy) is 2. The fourth-order valence-electron chi connectivity index (χ4n) is 3.00. The number of halogens is 2. The number of amides is 1. The van der Waals surface area contributed by atoms with E-state index >= 15 is 0 Å². The van der Waals surface area contributed by atoms with Crippen LogP contribution in [0.4, 0.5) is 14.5 Å². The fourth-order valence-corrected chi connectivity index (χ4v) is 4.61. The molecular formula is C22H28F2N2O5S. The molecule has 0 bridgehead atoms. The molecule has 0 atom stereocenters. The van der Waals surface area contributed by atoms with E-state index < -0.39 is 21.7 Å². The number of carbonyl (C=O) groups excluding carboxylic acids is 1. The van der Waals surface area contributed by atoms with Gasteiger partial charge in [0.2, 0.25) is 15.9 Å². The van der Waals surface area contributed by atoms with Crippen molar-refractivity contribution >= 4 is 21.6 Å². The first kappa shape index (κ1) is 25.5. The Labute approximate surface area is 187 Å². The molecule has 0 aliphatic rings. The van der Waals surface area contributed by atoms with E-state index in [1.165, 1.54) is 22.5 Å². The van der Waals surface area contributed by atoms with Crippen molar-refractivity contribution in [3.8, 4) is 11.5 Å². The van der Waals surface area contributed by atoms with Crippen molar-refractivity contribution in [3.05, 3.63) is 48.0 Å². The first-order valence-electron chi connectivity index (χ1n) is 10.4. The highest BCUT2D eigenvalue weighted by Crippen LogP contribution is 2.30. The van der Waals surface area contributed by atoms with Gasteiger partial charge in [-0.1, -0.05) is 13.8 Å². The number of hydrogen-bond acceptors (Lipinski definition) is 5. The van der Waals surface area contributed by atoms with E-state index in [2.05, 4.69) is 5.32 Å². The van der Waals surface area contributed by atoms with Crippen LogP contribution in [0.5, 0.6) is 11.5 Å². The van der Waals surface area contributed by atoms with Crippen molar-refractivity contribution in [2.45, 2.75) is 38.5 Å². The van der Waals surface area contributed by atoms with Gasteiger partial charge in [-0.2, -0.15) is 4.31 Å². The van der Waals surface area contributed by atoms with Crippen molar-refractivity contribution in [1.82, 2.24) is 4.31 Å². The van der Waals surface area contributed by atoms with Crippen molar-refractivity contribution < 1.29 is 31.5 Å². The lowest BCUT2D eigenvalue weighted by atomic mass is 10.2. The quantitative estimate of drug-likeness (QED) is 0.470. The highest BCUT2D eigenvalue weighted by atomic mass is 32.2. The molecule has 2 rings (SSSR count). The summed E-state index contributed by atoms with van der Waals surface area (Å²) in [6.45, 7) is 6.19. The number of anilines is 1. The van der Waals surface area contributed by atoms with Crippen LogP contribution < -0.4 is 14.8 Å². The highest BCUT2D eigenvalue weighted by molar-refractivity contribution is 7.89. The van der Waals surface area contributed by atoms with Gasteiger partial charge in [-0.3, -0.25) is 4.79 Å². The first-order chi connectivity index (χ1) is 15.2. The third kappa shape index (κ3) is 6.64. The Kier molecular flexibility index (Phi) is 9.40. The first-order valence-corrected chi connectivity index (χ1v) is 11.8. The summed E-state index contributed by atoms with van der Waals surface area (Å²) in [6.07, 6.45) is 0.346. The molecule has 0 aliphatic carbocycles. The summed E-state index contributed by atoms with van der Waals surface area (Å²) in [6, 6.07) is 7.44. The molecule has 0 spiro atoms. The zero-order chi connectivity index (χ0) is 23.7. The Morgan fingerprint density at radius 2 is 1.69 bits per heavy atom. The van der Waals surface area contributed by atoms with Crippen molar-refractivity contribution in [1.29, 1.82) is 0 Å². The standard InChI is InChI=1S/C22H28F2N2O5S/c1-4-26(5-2)32(28,29)21-15-17(10-12-20(21)30-6-3)25-22(27)8-7-13-31-19-11-9-16(23)14-18(19)24/h9-12,14-15H,4-8,13H2,1-3H3,(H,25,27). The minimum absolute atomic E-state index is 0.0176. The average molecular weight is 471 g/mol. The van der Waals surface area contributed by atoms with Crippen LogP contribution in [-0.4, -0.2) is 44.9 Å². The van der Waals surface area contributed by atoms with Gasteiger partial charge < -0.3 is 14.8 Å². The number of rotatable bonds is 12. The Morgan fingerprint density at radius 3 is 2.31 bits per heavy atom. The van der Waals surface area contributed by atoms with Gasteiger partial charge in [0.15, 0.2) is 11.6 Å². The second-order valence-electron chi connectivity index (χ2n) is 6.76. The maximum Gasteiger partial charge on any atom is 0.246 e. The Bertz CT molecular complexity index is 1030. The van der Waals surface area contributed by atoms with E-state index in [1.54, 1.807) is 26.8 Å². The summed E-state index contributed by atoms with van der Waals surface area (Å²) in [7, 11) is -3.80. The van der Waals surface area contributed by atoms with Crippen LogP contribution in [0.1, 0.15) is 33.6 Å². The predicted molar refractivity (Wildman–Crippen MR) is 117 cm³/mol. The molecule has 0 unspecified atom stereocenters. The molecular weight excluding hydrogens is 442 g/mol. The van der Waals surface area contributed by atoms with Crippen LogP contribution in [-0.2, 0) is 14.8 Å². The maximum atomic E-state index is 13.5. The largest absolute Gasteiger partial charge is 0.492 e. The van der Waals surface area contributed by atoms with Crippen LogP contribution in [0, 0.1) is 11.6 Å². The monoisotopic (exact) mass is 470 g/mol. The summed E-state index contributed by atoms with van der Waals surface area (Å²) in [5.41, 5.74) is 0.315. The van der Waals surface area contributed by atoms with Gasteiger partial charge in [0, 0.05) is 31.3 Å². The van der Waals surface area contributed by atoms with Crippen LogP contribution in [0.15, 0.2) is 41.3 Å². The molecule has 0 heterocycles. The highest BCUT2D eigenvalue weighted by Gasteiger charge is 2.26. The second kappa shape index (κ2) is 11.8. The summed E-state index contributed by atoms with van der Waals surface area (Å²) in [5.74, 6) is -1.75. The maximum absolute atomic E-state index is 13.5. The van der Waals surface area contributed by atoms with Gasteiger partial charge in [-0.15, -0.1) is 0 Å². The number of carbonyl (C=O) groups is 1. The van der Waals surface area contributed by atoms with Crippen molar-refractivity contribution in [3.63, 3.8) is 0 Å². The third-order valence-electron chi connectivity index (χ3n) is 4.55. The minimum atomic E-state index is -3.80. The van der Waals surface area contributed by atoms with E-state index in [1.807, 2.05) is 0 Å². The summed E-state index contributed by atoms with van der Waals surface area (Å²) < 4.78 is 64.4. The molecule has 0 fully saturated rings. The van der Waals surface area contributed by atoms with E-state index in [-0.39, 0.29) is 41.8 Å². The van der Waals surface area contributed by atoms with Crippen molar-refractivity contribution in [2.24, 2.45) is 0 Å². The zero-order valence-corrected chi connectivity index (χ0v) is 19.2. The molecule has 0 aromatic heterocycles. The van der Waals surface area contributed by atoms with E-state index in [4.69, 9.17) is 9.47 Å². The lowest BCUT2D eigenvalue weighted by Crippen LogP contribution is -2.31. The number of benzene rings is 2. The number of hydrogen-bond donors (Lipinski definition) is 1. The molecule has 0 aliphatic heterocycles. The lowest BCUT2D eigenvalue weighted by molar-refractivity contribution is -0.116.